The van der Waals surface area contributed by atoms with Gasteiger partial charge in [-0.1, -0.05) is 12.8 Å². The van der Waals surface area contributed by atoms with Crippen molar-refractivity contribution in [1.29, 1.82) is 0 Å². The summed E-state index contributed by atoms with van der Waals surface area (Å²) in [5, 5.41) is 10.8. The van der Waals surface area contributed by atoms with E-state index in [0.717, 1.165) is 25.1 Å². The van der Waals surface area contributed by atoms with E-state index < -0.39 is 4.92 Å². The molecule has 1 aromatic rings. The van der Waals surface area contributed by atoms with Crippen molar-refractivity contribution < 1.29 is 9.72 Å². The van der Waals surface area contributed by atoms with Crippen LogP contribution in [0, 0.1) is 10.1 Å². The van der Waals surface area contributed by atoms with Gasteiger partial charge in [0.05, 0.1) is 10.5 Å². The van der Waals surface area contributed by atoms with Crippen LogP contribution in [0.1, 0.15) is 43.0 Å². The lowest BCUT2D eigenvalue weighted by molar-refractivity contribution is -0.385. The summed E-state index contributed by atoms with van der Waals surface area (Å²) in [5.41, 5.74) is 0.933. The summed E-state index contributed by atoms with van der Waals surface area (Å²) in [6, 6.07) is 5.21. The van der Waals surface area contributed by atoms with Crippen LogP contribution < -0.4 is 4.90 Å². The summed E-state index contributed by atoms with van der Waals surface area (Å²) in [7, 11) is 0. The van der Waals surface area contributed by atoms with E-state index in [1.807, 2.05) is 0 Å². The Morgan fingerprint density at radius 1 is 1.37 bits per heavy atom. The predicted octanol–water partition coefficient (Wildman–Crippen LogP) is 3.18. The molecule has 5 heteroatoms. The van der Waals surface area contributed by atoms with Crippen molar-refractivity contribution in [2.45, 2.75) is 38.6 Å². The van der Waals surface area contributed by atoms with Crippen molar-refractivity contribution in [3.63, 3.8) is 0 Å². The molecule has 2 rings (SSSR count). The van der Waals surface area contributed by atoms with Crippen molar-refractivity contribution in [2.75, 3.05) is 11.4 Å². The fourth-order valence-electron chi connectivity index (χ4n) is 2.64. The smallest absolute Gasteiger partial charge is 0.280 e. The molecule has 1 unspecified atom stereocenters. The van der Waals surface area contributed by atoms with Gasteiger partial charge in [0.2, 0.25) is 0 Å². The Morgan fingerprint density at radius 3 is 2.84 bits per heavy atom. The van der Waals surface area contributed by atoms with Crippen molar-refractivity contribution in [2.24, 2.45) is 0 Å². The van der Waals surface area contributed by atoms with Gasteiger partial charge in [-0.3, -0.25) is 14.9 Å². The summed E-state index contributed by atoms with van der Waals surface area (Å²) in [6.45, 7) is 3.10. The number of anilines is 1. The van der Waals surface area contributed by atoms with E-state index in [2.05, 4.69) is 11.8 Å². The number of rotatable bonds is 3. The number of carbonyl (C=O) groups is 1. The Kier molecular flexibility index (Phi) is 4.14. The molecule has 1 aliphatic heterocycles. The number of carbonyl (C=O) groups excluding carboxylic acids is 1. The van der Waals surface area contributed by atoms with Crippen LogP contribution in [-0.4, -0.2) is 23.8 Å². The van der Waals surface area contributed by atoms with E-state index in [4.69, 9.17) is 0 Å². The summed E-state index contributed by atoms with van der Waals surface area (Å²) >= 11 is 0. The number of nitro benzene ring substituents is 1. The molecule has 1 atom stereocenters. The highest BCUT2D eigenvalue weighted by atomic mass is 16.6. The molecular formula is C14H18N2O3. The Bertz CT molecular complexity index is 488. The van der Waals surface area contributed by atoms with Gasteiger partial charge in [-0.15, -0.1) is 0 Å². The topological polar surface area (TPSA) is 63.4 Å². The second-order valence-electron chi connectivity index (χ2n) is 5.01. The second-order valence-corrected chi connectivity index (χ2v) is 5.01. The third kappa shape index (κ3) is 2.92. The van der Waals surface area contributed by atoms with E-state index >= 15 is 0 Å². The fraction of sp³-hybridized carbons (Fsp3) is 0.500. The molecule has 1 aromatic carbocycles. The normalized spacial score (nSPS) is 19.8. The van der Waals surface area contributed by atoms with Crippen LogP contribution in [0.4, 0.5) is 11.4 Å². The molecule has 0 spiro atoms. The maximum absolute atomic E-state index is 11.0. The molecule has 19 heavy (non-hydrogen) atoms. The van der Waals surface area contributed by atoms with Gasteiger partial charge in [0.15, 0.2) is 6.29 Å². The molecule has 1 fully saturated rings. The largest absolute Gasteiger partial charge is 0.369 e. The number of benzene rings is 1. The minimum atomic E-state index is -0.515. The van der Waals surface area contributed by atoms with E-state index in [1.54, 1.807) is 12.1 Å². The lowest BCUT2D eigenvalue weighted by atomic mass is 10.1. The average molecular weight is 262 g/mol. The lowest BCUT2D eigenvalue weighted by Gasteiger charge is -2.29. The van der Waals surface area contributed by atoms with Crippen molar-refractivity contribution in [1.82, 2.24) is 0 Å². The van der Waals surface area contributed by atoms with Gasteiger partial charge in [-0.25, -0.2) is 0 Å². The highest BCUT2D eigenvalue weighted by Crippen LogP contribution is 2.28. The molecule has 0 bridgehead atoms. The number of aldehydes is 1. The summed E-state index contributed by atoms with van der Waals surface area (Å²) < 4.78 is 0. The third-order valence-electron chi connectivity index (χ3n) is 3.72. The van der Waals surface area contributed by atoms with Gasteiger partial charge in [0.25, 0.3) is 5.69 Å². The van der Waals surface area contributed by atoms with Gasteiger partial charge >= 0.3 is 0 Å². The Morgan fingerprint density at radius 2 is 2.16 bits per heavy atom. The summed E-state index contributed by atoms with van der Waals surface area (Å²) in [4.78, 5) is 23.5. The molecule has 0 aromatic heterocycles. The molecule has 0 saturated carbocycles. The third-order valence-corrected chi connectivity index (χ3v) is 3.72. The molecule has 0 aliphatic carbocycles. The quantitative estimate of drug-likeness (QED) is 0.477. The zero-order chi connectivity index (χ0) is 13.8. The number of nitrogens with zero attached hydrogens (tertiary/aromatic N) is 2. The monoisotopic (exact) mass is 262 g/mol. The van der Waals surface area contributed by atoms with Gasteiger partial charge in [0, 0.05) is 24.3 Å². The minimum absolute atomic E-state index is 0.124. The van der Waals surface area contributed by atoms with Gasteiger partial charge in [-0.05, 0) is 31.9 Å². The fourth-order valence-corrected chi connectivity index (χ4v) is 2.64. The first-order valence-corrected chi connectivity index (χ1v) is 6.63. The molecule has 1 heterocycles. The minimum Gasteiger partial charge on any atom is -0.369 e. The second kappa shape index (κ2) is 5.82. The Balaban J connectivity index is 2.34. The van der Waals surface area contributed by atoms with Crippen LogP contribution in [0.3, 0.4) is 0 Å². The average Bonchev–Trinajstić information content (AvgIpc) is 2.62. The molecule has 1 aliphatic rings. The SMILES string of the molecule is CC1CCCCCN1c1ccc([N+](=O)[O-])c(C=O)c1. The van der Waals surface area contributed by atoms with E-state index in [0.29, 0.717) is 12.3 Å². The van der Waals surface area contributed by atoms with E-state index in [9.17, 15) is 14.9 Å². The maximum Gasteiger partial charge on any atom is 0.280 e. The molecule has 1 saturated heterocycles. The van der Waals surface area contributed by atoms with Crippen molar-refractivity contribution >= 4 is 17.7 Å². The predicted molar refractivity (Wildman–Crippen MR) is 73.8 cm³/mol. The van der Waals surface area contributed by atoms with Crippen LogP contribution in [0.2, 0.25) is 0 Å². The van der Waals surface area contributed by atoms with Crippen molar-refractivity contribution in [3.05, 3.63) is 33.9 Å². The zero-order valence-electron chi connectivity index (χ0n) is 11.0. The molecule has 5 nitrogen and oxygen atoms in total. The number of nitro groups is 1. The van der Waals surface area contributed by atoms with Crippen LogP contribution in [0.5, 0.6) is 0 Å². The van der Waals surface area contributed by atoms with Crippen LogP contribution >= 0.6 is 0 Å². The van der Waals surface area contributed by atoms with Gasteiger partial charge in [0.1, 0.15) is 0 Å². The highest BCUT2D eigenvalue weighted by molar-refractivity contribution is 5.83. The maximum atomic E-state index is 11.0. The van der Waals surface area contributed by atoms with Crippen molar-refractivity contribution in [3.8, 4) is 0 Å². The van der Waals surface area contributed by atoms with E-state index in [1.165, 1.54) is 18.9 Å². The molecule has 0 N–H and O–H groups in total. The van der Waals surface area contributed by atoms with Crippen LogP contribution in [0.15, 0.2) is 18.2 Å². The molecule has 102 valence electrons. The number of hydrogen-bond acceptors (Lipinski definition) is 4. The first-order valence-electron chi connectivity index (χ1n) is 6.63. The summed E-state index contributed by atoms with van der Waals surface area (Å²) in [5.74, 6) is 0. The van der Waals surface area contributed by atoms with Crippen LogP contribution in [0.25, 0.3) is 0 Å². The van der Waals surface area contributed by atoms with Crippen LogP contribution in [-0.2, 0) is 0 Å². The molecule has 0 radical (unpaired) electrons. The first kappa shape index (κ1) is 13.5. The Labute approximate surface area is 112 Å². The zero-order valence-corrected chi connectivity index (χ0v) is 11.0. The van der Waals surface area contributed by atoms with Gasteiger partial charge in [-0.2, -0.15) is 0 Å². The molecule has 0 amide bonds. The van der Waals surface area contributed by atoms with E-state index in [-0.39, 0.29) is 11.3 Å². The summed E-state index contributed by atoms with van der Waals surface area (Å²) in [6.07, 6.45) is 5.23. The standard InChI is InChI=1S/C14H18N2O3/c1-11-5-3-2-4-8-15(11)13-6-7-14(16(18)19)12(9-13)10-17/h6-7,9-11H,2-5,8H2,1H3. The lowest BCUT2D eigenvalue weighted by Crippen LogP contribution is -2.32. The first-order chi connectivity index (χ1) is 9.13. The Hall–Kier alpha value is -1.91. The highest BCUT2D eigenvalue weighted by Gasteiger charge is 2.20. The molecular weight excluding hydrogens is 244 g/mol. The number of hydrogen-bond donors (Lipinski definition) is 0. The van der Waals surface area contributed by atoms with Gasteiger partial charge < -0.3 is 4.90 Å².